The molecule has 217 valence electrons. The van der Waals surface area contributed by atoms with Gasteiger partial charge in [-0.1, -0.05) is 147 Å². The third kappa shape index (κ3) is 7.33. The molecule has 0 bridgehead atoms. The SMILES string of the molecule is CCCCO[Si-](C1=CC(C(C)(C)C)CC(C(C)(C)C)=C1)(c1cc(C(C)(C)C)cc(C(C)(C)C)c1)C(C)(C)C. The molecule has 0 saturated heterocycles. The topological polar surface area (TPSA) is 9.23 Å². The van der Waals surface area contributed by atoms with Crippen molar-refractivity contribution in [3.8, 4) is 0 Å². The summed E-state index contributed by atoms with van der Waals surface area (Å²) < 4.78 is 7.44. The lowest BCUT2D eigenvalue weighted by molar-refractivity contribution is 0.269. The van der Waals surface area contributed by atoms with Gasteiger partial charge >= 0.3 is 0 Å². The third-order valence-electron chi connectivity index (χ3n) is 8.58. The molecule has 0 spiro atoms. The van der Waals surface area contributed by atoms with E-state index in [0.29, 0.717) is 5.92 Å². The highest BCUT2D eigenvalue weighted by atomic mass is 28.4. The Bertz CT molecular complexity index is 989. The fraction of sp³-hybridized carbons (Fsp3) is 0.722. The van der Waals surface area contributed by atoms with Gasteiger partial charge in [0, 0.05) is 6.61 Å². The lowest BCUT2D eigenvalue weighted by Crippen LogP contribution is -2.60. The summed E-state index contributed by atoms with van der Waals surface area (Å²) in [6.07, 6.45) is 8.62. The number of hydrogen-bond donors (Lipinski definition) is 0. The van der Waals surface area contributed by atoms with E-state index >= 15 is 0 Å². The van der Waals surface area contributed by atoms with Gasteiger partial charge in [-0.15, -0.1) is 11.1 Å². The molecular weight excluding hydrogens is 476 g/mol. The molecule has 0 saturated carbocycles. The van der Waals surface area contributed by atoms with Crippen LogP contribution in [0.25, 0.3) is 0 Å². The number of hydrogen-bond acceptors (Lipinski definition) is 1. The molecule has 2 heteroatoms. The van der Waals surface area contributed by atoms with E-state index in [1.54, 1.807) is 5.57 Å². The number of benzene rings is 1. The average Bonchev–Trinajstić information content (AvgIpc) is 2.73. The molecule has 0 amide bonds. The van der Waals surface area contributed by atoms with Crippen molar-refractivity contribution in [2.24, 2.45) is 16.7 Å². The lowest BCUT2D eigenvalue weighted by atomic mass is 9.70. The van der Waals surface area contributed by atoms with Crippen LogP contribution in [0.1, 0.15) is 141 Å². The Labute approximate surface area is 239 Å². The van der Waals surface area contributed by atoms with E-state index in [2.05, 4.69) is 141 Å². The highest BCUT2D eigenvalue weighted by molar-refractivity contribution is 6.95. The maximum atomic E-state index is 7.44. The minimum atomic E-state index is -2.69. The monoisotopic (exact) mass is 538 g/mol. The van der Waals surface area contributed by atoms with Crippen LogP contribution >= 0.6 is 0 Å². The quantitative estimate of drug-likeness (QED) is 0.258. The minimum absolute atomic E-state index is 0.0164. The first-order valence-electron chi connectivity index (χ1n) is 15.2. The van der Waals surface area contributed by atoms with Crippen LogP contribution in [0.15, 0.2) is 41.1 Å². The molecule has 0 aliphatic heterocycles. The van der Waals surface area contributed by atoms with Crippen molar-refractivity contribution in [1.29, 1.82) is 0 Å². The summed E-state index contributed by atoms with van der Waals surface area (Å²) in [6.45, 7) is 38.9. The highest BCUT2D eigenvalue weighted by Gasteiger charge is 2.42. The number of allylic oxidation sites excluding steroid dienone is 4. The molecule has 0 radical (unpaired) electrons. The Morgan fingerprint density at radius 2 is 1.24 bits per heavy atom. The van der Waals surface area contributed by atoms with E-state index in [1.165, 1.54) is 21.5 Å². The van der Waals surface area contributed by atoms with Gasteiger partial charge in [0.1, 0.15) is 0 Å². The van der Waals surface area contributed by atoms with Crippen molar-refractivity contribution in [2.75, 3.05) is 6.61 Å². The zero-order valence-corrected chi connectivity index (χ0v) is 29.2. The molecule has 2 unspecified atom stereocenters. The molecule has 0 aromatic heterocycles. The van der Waals surface area contributed by atoms with Crippen LogP contribution in [0.2, 0.25) is 5.04 Å². The van der Waals surface area contributed by atoms with E-state index in [9.17, 15) is 0 Å². The van der Waals surface area contributed by atoms with E-state index < -0.39 is 8.32 Å². The summed E-state index contributed by atoms with van der Waals surface area (Å²) in [5.74, 6) is 0.494. The van der Waals surface area contributed by atoms with Crippen molar-refractivity contribution >= 4 is 13.5 Å². The van der Waals surface area contributed by atoms with Gasteiger partial charge in [-0.05, 0) is 51.5 Å². The standard InChI is InChI=1S/C36H62OSi/c1-17-18-19-37-38(36(14,15)16,30-22-26(32(2,3)4)20-27(23-30)33(5,6)7)31-24-28(34(8,9)10)21-29(25-31)35(11,12)13/h20,22-25,28H,17-19,21H2,1-16H3/q-1. The van der Waals surface area contributed by atoms with E-state index in [0.717, 1.165) is 25.9 Å². The van der Waals surface area contributed by atoms with Crippen LogP contribution in [-0.2, 0) is 15.3 Å². The van der Waals surface area contributed by atoms with Crippen LogP contribution in [0.4, 0.5) is 0 Å². The van der Waals surface area contributed by atoms with Crippen LogP contribution in [0.3, 0.4) is 0 Å². The van der Waals surface area contributed by atoms with Gasteiger partial charge in [0.15, 0.2) is 0 Å². The first-order chi connectivity index (χ1) is 16.9. The van der Waals surface area contributed by atoms with Gasteiger partial charge in [-0.2, -0.15) is 10.4 Å². The third-order valence-corrected chi connectivity index (χ3v) is 13.6. The zero-order chi connectivity index (χ0) is 29.5. The predicted molar refractivity (Wildman–Crippen MR) is 173 cm³/mol. The average molecular weight is 539 g/mol. The predicted octanol–water partition coefficient (Wildman–Crippen LogP) is 10.6. The Hall–Kier alpha value is -1.12. The maximum Gasteiger partial charge on any atom is 0.0507 e. The molecule has 0 N–H and O–H groups in total. The molecule has 0 fully saturated rings. The first kappa shape index (κ1) is 33.1. The van der Waals surface area contributed by atoms with Crippen LogP contribution in [0.5, 0.6) is 0 Å². The summed E-state index contributed by atoms with van der Waals surface area (Å²) >= 11 is 0. The molecular formula is C36H62OSi-. The largest absolute Gasteiger partial charge is 0.558 e. The summed E-state index contributed by atoms with van der Waals surface area (Å²) in [5, 5.41) is 2.92. The van der Waals surface area contributed by atoms with Crippen molar-refractivity contribution in [3.63, 3.8) is 0 Å². The highest BCUT2D eigenvalue weighted by Crippen LogP contribution is 2.49. The van der Waals surface area contributed by atoms with Gasteiger partial charge in [0.2, 0.25) is 0 Å². The summed E-state index contributed by atoms with van der Waals surface area (Å²) in [5.41, 5.74) is 4.87. The van der Waals surface area contributed by atoms with Gasteiger partial charge in [-0.25, -0.2) is 0 Å². The molecule has 2 rings (SSSR count). The van der Waals surface area contributed by atoms with E-state index in [-0.39, 0.29) is 26.7 Å². The van der Waals surface area contributed by atoms with E-state index in [4.69, 9.17) is 4.43 Å². The Morgan fingerprint density at radius 1 is 0.737 bits per heavy atom. The minimum Gasteiger partial charge on any atom is -0.558 e. The van der Waals surface area contributed by atoms with Crippen molar-refractivity contribution in [2.45, 2.75) is 146 Å². The summed E-state index contributed by atoms with van der Waals surface area (Å²) in [7, 11) is -2.69. The fourth-order valence-electron chi connectivity index (χ4n) is 5.59. The molecule has 38 heavy (non-hydrogen) atoms. The van der Waals surface area contributed by atoms with Crippen molar-refractivity contribution in [1.82, 2.24) is 0 Å². The zero-order valence-electron chi connectivity index (χ0n) is 28.2. The molecule has 1 aliphatic carbocycles. The second-order valence-electron chi connectivity index (χ2n) is 17.2. The lowest BCUT2D eigenvalue weighted by Gasteiger charge is -2.58. The van der Waals surface area contributed by atoms with Crippen LogP contribution in [0, 0.1) is 16.7 Å². The van der Waals surface area contributed by atoms with Crippen LogP contribution < -0.4 is 5.19 Å². The molecule has 2 atom stereocenters. The van der Waals surface area contributed by atoms with Gasteiger partial charge in [0.05, 0.1) is 8.32 Å². The Kier molecular flexibility index (Phi) is 9.61. The van der Waals surface area contributed by atoms with Gasteiger partial charge in [-0.3, -0.25) is 0 Å². The first-order valence-corrected chi connectivity index (χ1v) is 17.1. The van der Waals surface area contributed by atoms with Gasteiger partial charge in [0.25, 0.3) is 0 Å². The molecule has 1 aliphatic rings. The Balaban J connectivity index is 3.09. The Morgan fingerprint density at radius 3 is 1.61 bits per heavy atom. The second-order valence-corrected chi connectivity index (χ2v) is 21.5. The second kappa shape index (κ2) is 11.0. The van der Waals surface area contributed by atoms with Gasteiger partial charge < -0.3 is 4.43 Å². The normalized spacial score (nSPS) is 19.6. The smallest absolute Gasteiger partial charge is 0.0507 e. The van der Waals surface area contributed by atoms with E-state index in [1.807, 2.05) is 0 Å². The summed E-state index contributed by atoms with van der Waals surface area (Å²) in [6, 6.07) is 7.52. The van der Waals surface area contributed by atoms with Crippen molar-refractivity contribution in [3.05, 3.63) is 52.2 Å². The number of rotatable bonds is 6. The molecule has 1 nitrogen and oxygen atoms in total. The van der Waals surface area contributed by atoms with Crippen molar-refractivity contribution < 1.29 is 4.43 Å². The van der Waals surface area contributed by atoms with Crippen LogP contribution in [-0.4, -0.2) is 14.9 Å². The molecule has 1 aromatic carbocycles. The number of unbranched alkanes of at least 4 members (excludes halogenated alkanes) is 1. The summed E-state index contributed by atoms with van der Waals surface area (Å²) in [4.78, 5) is 0. The molecule has 0 heterocycles. The fourth-order valence-corrected chi connectivity index (χ4v) is 10.4. The maximum absolute atomic E-state index is 7.44. The molecule has 1 aromatic rings.